The summed E-state index contributed by atoms with van der Waals surface area (Å²) in [5.74, 6) is 0.662. The molecule has 0 aromatic heterocycles. The van der Waals surface area contributed by atoms with Gasteiger partial charge >= 0.3 is 12.2 Å². The standard InChI is InChI=1S/C15H27N3O4/c1-2-21-14(19)17-8-10-18(11-9-17)15(20)22-12-5-13-3-6-16-7-4-13/h13,16H,2-12H2,1H3. The van der Waals surface area contributed by atoms with E-state index in [0.29, 0.717) is 45.3 Å². The topological polar surface area (TPSA) is 71.1 Å². The van der Waals surface area contributed by atoms with Gasteiger partial charge in [0.05, 0.1) is 13.2 Å². The van der Waals surface area contributed by atoms with E-state index in [-0.39, 0.29) is 12.2 Å². The molecule has 2 fully saturated rings. The zero-order valence-electron chi connectivity index (χ0n) is 13.4. The van der Waals surface area contributed by atoms with Gasteiger partial charge in [0.1, 0.15) is 0 Å². The Morgan fingerprint density at radius 1 is 1.00 bits per heavy atom. The van der Waals surface area contributed by atoms with E-state index < -0.39 is 0 Å². The third kappa shape index (κ3) is 5.05. The number of nitrogens with zero attached hydrogens (tertiary/aromatic N) is 2. The van der Waals surface area contributed by atoms with Gasteiger partial charge in [-0.2, -0.15) is 0 Å². The number of hydrogen-bond acceptors (Lipinski definition) is 5. The number of carbonyl (C=O) groups is 2. The Bertz CT molecular complexity index is 364. The minimum absolute atomic E-state index is 0.266. The summed E-state index contributed by atoms with van der Waals surface area (Å²) in [6, 6.07) is 0. The van der Waals surface area contributed by atoms with E-state index in [1.165, 1.54) is 0 Å². The van der Waals surface area contributed by atoms with E-state index in [1.807, 2.05) is 0 Å². The molecule has 0 aliphatic carbocycles. The lowest BCUT2D eigenvalue weighted by Gasteiger charge is -2.33. The summed E-state index contributed by atoms with van der Waals surface area (Å²) in [5, 5.41) is 3.33. The second-order valence-electron chi connectivity index (χ2n) is 5.77. The van der Waals surface area contributed by atoms with Gasteiger partial charge in [0.15, 0.2) is 0 Å². The Kier molecular flexibility index (Phi) is 6.76. The highest BCUT2D eigenvalue weighted by Crippen LogP contribution is 2.16. The summed E-state index contributed by atoms with van der Waals surface area (Å²) in [7, 11) is 0. The molecule has 7 heteroatoms. The van der Waals surface area contributed by atoms with Crippen molar-refractivity contribution in [2.24, 2.45) is 5.92 Å². The molecule has 0 aromatic carbocycles. The van der Waals surface area contributed by atoms with Crippen molar-refractivity contribution in [2.75, 3.05) is 52.5 Å². The fraction of sp³-hybridized carbons (Fsp3) is 0.867. The molecule has 0 saturated carbocycles. The fourth-order valence-corrected chi connectivity index (χ4v) is 2.86. The maximum Gasteiger partial charge on any atom is 0.409 e. The largest absolute Gasteiger partial charge is 0.450 e. The summed E-state index contributed by atoms with van der Waals surface area (Å²) >= 11 is 0. The van der Waals surface area contributed by atoms with E-state index in [2.05, 4.69) is 5.32 Å². The molecular formula is C15H27N3O4. The fourth-order valence-electron chi connectivity index (χ4n) is 2.86. The Hall–Kier alpha value is -1.50. The first-order valence-electron chi connectivity index (χ1n) is 8.24. The number of piperazine rings is 1. The number of piperidine rings is 1. The number of ether oxygens (including phenoxy) is 2. The monoisotopic (exact) mass is 313 g/mol. The average Bonchev–Trinajstić information content (AvgIpc) is 2.56. The van der Waals surface area contributed by atoms with Crippen LogP contribution in [0.2, 0.25) is 0 Å². The van der Waals surface area contributed by atoms with Crippen LogP contribution in [0.5, 0.6) is 0 Å². The predicted molar refractivity (Wildman–Crippen MR) is 81.7 cm³/mol. The van der Waals surface area contributed by atoms with Crippen LogP contribution in [-0.2, 0) is 9.47 Å². The lowest BCUT2D eigenvalue weighted by Crippen LogP contribution is -2.50. The second kappa shape index (κ2) is 8.82. The molecule has 126 valence electrons. The van der Waals surface area contributed by atoms with Crippen molar-refractivity contribution in [3.05, 3.63) is 0 Å². The Labute approximate surface area is 131 Å². The number of carbonyl (C=O) groups excluding carboxylic acids is 2. The molecule has 2 saturated heterocycles. The highest BCUT2D eigenvalue weighted by molar-refractivity contribution is 5.70. The van der Waals surface area contributed by atoms with Gasteiger partial charge in [-0.3, -0.25) is 0 Å². The molecular weight excluding hydrogens is 286 g/mol. The SMILES string of the molecule is CCOC(=O)N1CCN(C(=O)OCCC2CCNCC2)CC1. The van der Waals surface area contributed by atoms with E-state index in [0.717, 1.165) is 32.4 Å². The van der Waals surface area contributed by atoms with Crippen molar-refractivity contribution >= 4 is 12.2 Å². The summed E-state index contributed by atoms with van der Waals surface area (Å²) in [6.07, 6.45) is 2.70. The van der Waals surface area contributed by atoms with Crippen LogP contribution in [0.15, 0.2) is 0 Å². The van der Waals surface area contributed by atoms with Crippen LogP contribution in [0.1, 0.15) is 26.2 Å². The lowest BCUT2D eigenvalue weighted by molar-refractivity contribution is 0.0597. The lowest BCUT2D eigenvalue weighted by atomic mass is 9.95. The van der Waals surface area contributed by atoms with Gasteiger partial charge in [0.2, 0.25) is 0 Å². The number of hydrogen-bond donors (Lipinski definition) is 1. The number of nitrogens with one attached hydrogen (secondary N) is 1. The van der Waals surface area contributed by atoms with Crippen molar-refractivity contribution in [3.8, 4) is 0 Å². The summed E-state index contributed by atoms with van der Waals surface area (Å²) in [6.45, 7) is 6.79. The maximum absolute atomic E-state index is 12.0. The predicted octanol–water partition coefficient (Wildman–Crippen LogP) is 1.29. The molecule has 0 atom stereocenters. The smallest absolute Gasteiger partial charge is 0.409 e. The molecule has 22 heavy (non-hydrogen) atoms. The third-order valence-electron chi connectivity index (χ3n) is 4.27. The number of amides is 2. The zero-order valence-corrected chi connectivity index (χ0v) is 13.4. The van der Waals surface area contributed by atoms with Crippen LogP contribution in [0.25, 0.3) is 0 Å². The molecule has 0 unspecified atom stereocenters. The van der Waals surface area contributed by atoms with E-state index in [1.54, 1.807) is 16.7 Å². The van der Waals surface area contributed by atoms with Crippen LogP contribution in [-0.4, -0.2) is 74.5 Å². The second-order valence-corrected chi connectivity index (χ2v) is 5.77. The van der Waals surface area contributed by atoms with Gasteiger partial charge in [-0.05, 0) is 45.2 Å². The molecule has 2 heterocycles. The van der Waals surface area contributed by atoms with Crippen LogP contribution >= 0.6 is 0 Å². The highest BCUT2D eigenvalue weighted by atomic mass is 16.6. The van der Waals surface area contributed by atoms with E-state index in [4.69, 9.17) is 9.47 Å². The van der Waals surface area contributed by atoms with Crippen molar-refractivity contribution in [1.29, 1.82) is 0 Å². The van der Waals surface area contributed by atoms with Crippen molar-refractivity contribution in [3.63, 3.8) is 0 Å². The Morgan fingerprint density at radius 3 is 2.09 bits per heavy atom. The molecule has 0 spiro atoms. The van der Waals surface area contributed by atoms with Crippen LogP contribution in [0.3, 0.4) is 0 Å². The minimum Gasteiger partial charge on any atom is -0.450 e. The van der Waals surface area contributed by atoms with Crippen LogP contribution in [0.4, 0.5) is 9.59 Å². The first kappa shape index (κ1) is 16.9. The van der Waals surface area contributed by atoms with Crippen molar-refractivity contribution < 1.29 is 19.1 Å². The van der Waals surface area contributed by atoms with Crippen molar-refractivity contribution in [2.45, 2.75) is 26.2 Å². The Morgan fingerprint density at radius 2 is 1.55 bits per heavy atom. The molecule has 2 aliphatic heterocycles. The van der Waals surface area contributed by atoms with Gasteiger partial charge in [-0.15, -0.1) is 0 Å². The van der Waals surface area contributed by atoms with Gasteiger partial charge in [-0.25, -0.2) is 9.59 Å². The molecule has 1 N–H and O–H groups in total. The summed E-state index contributed by atoms with van der Waals surface area (Å²) in [4.78, 5) is 26.9. The number of rotatable bonds is 4. The molecule has 2 aliphatic rings. The van der Waals surface area contributed by atoms with Crippen LogP contribution in [0, 0.1) is 5.92 Å². The minimum atomic E-state index is -0.304. The van der Waals surface area contributed by atoms with Crippen LogP contribution < -0.4 is 5.32 Å². The maximum atomic E-state index is 12.0. The molecule has 7 nitrogen and oxygen atoms in total. The molecule has 0 aromatic rings. The molecule has 0 bridgehead atoms. The molecule has 0 radical (unpaired) electrons. The summed E-state index contributed by atoms with van der Waals surface area (Å²) < 4.78 is 10.3. The van der Waals surface area contributed by atoms with Gasteiger partial charge < -0.3 is 24.6 Å². The van der Waals surface area contributed by atoms with Gasteiger partial charge in [0, 0.05) is 26.2 Å². The van der Waals surface area contributed by atoms with Gasteiger partial charge in [-0.1, -0.05) is 0 Å². The average molecular weight is 313 g/mol. The third-order valence-corrected chi connectivity index (χ3v) is 4.27. The van der Waals surface area contributed by atoms with Crippen molar-refractivity contribution in [1.82, 2.24) is 15.1 Å². The quantitative estimate of drug-likeness (QED) is 0.847. The van der Waals surface area contributed by atoms with E-state index in [9.17, 15) is 9.59 Å². The first-order chi connectivity index (χ1) is 10.7. The highest BCUT2D eigenvalue weighted by Gasteiger charge is 2.25. The normalized spacial score (nSPS) is 19.9. The summed E-state index contributed by atoms with van der Waals surface area (Å²) in [5.41, 5.74) is 0. The molecule has 2 amide bonds. The first-order valence-corrected chi connectivity index (χ1v) is 8.24. The zero-order chi connectivity index (χ0) is 15.8. The van der Waals surface area contributed by atoms with Gasteiger partial charge in [0.25, 0.3) is 0 Å². The Balaban J connectivity index is 1.61. The molecule has 2 rings (SSSR count). The van der Waals surface area contributed by atoms with E-state index >= 15 is 0 Å².